The zero-order valence-corrected chi connectivity index (χ0v) is 19.9. The quantitative estimate of drug-likeness (QED) is 0.214. The molecule has 7 nitrogen and oxygen atoms in total. The lowest BCUT2D eigenvalue weighted by Crippen LogP contribution is -2.57. The number of rotatable bonds is 16. The SMILES string of the molecule is CCCCCCCCCCCCNC(=O)C1CCC[N+](C)(CC(O)CS(=O)(=O)[O-])C1. The van der Waals surface area contributed by atoms with Crippen LogP contribution in [0, 0.1) is 5.92 Å². The van der Waals surface area contributed by atoms with Crippen molar-refractivity contribution in [3.63, 3.8) is 0 Å². The summed E-state index contributed by atoms with van der Waals surface area (Å²) < 4.78 is 33.0. The Kier molecular flexibility index (Phi) is 13.1. The number of nitrogens with zero attached hydrogens (tertiary/aromatic N) is 1. The lowest BCUT2D eigenvalue weighted by molar-refractivity contribution is -0.918. The van der Waals surface area contributed by atoms with Crippen LogP contribution in [0.2, 0.25) is 0 Å². The van der Waals surface area contributed by atoms with E-state index in [2.05, 4.69) is 12.2 Å². The Morgan fingerprint density at radius 1 is 1.10 bits per heavy atom. The first-order chi connectivity index (χ1) is 14.2. The van der Waals surface area contributed by atoms with Gasteiger partial charge in [0.05, 0.1) is 41.9 Å². The fourth-order valence-corrected chi connectivity index (χ4v) is 5.16. The number of unbranched alkanes of at least 4 members (excludes halogenated alkanes) is 9. The highest BCUT2D eigenvalue weighted by Gasteiger charge is 2.36. The molecule has 1 fully saturated rings. The van der Waals surface area contributed by atoms with Crippen molar-refractivity contribution in [2.75, 3.05) is 39.0 Å². The molecule has 0 spiro atoms. The zero-order valence-electron chi connectivity index (χ0n) is 19.1. The van der Waals surface area contributed by atoms with Crippen LogP contribution in [0.5, 0.6) is 0 Å². The highest BCUT2D eigenvalue weighted by molar-refractivity contribution is 7.85. The third kappa shape index (κ3) is 12.9. The molecule has 0 aromatic carbocycles. The molecule has 2 N–H and O–H groups in total. The summed E-state index contributed by atoms with van der Waals surface area (Å²) in [4.78, 5) is 12.5. The van der Waals surface area contributed by atoms with Crippen LogP contribution in [0.1, 0.15) is 84.0 Å². The van der Waals surface area contributed by atoms with Crippen LogP contribution in [-0.4, -0.2) is 73.6 Å². The lowest BCUT2D eigenvalue weighted by Gasteiger charge is -2.42. The van der Waals surface area contributed by atoms with Crippen molar-refractivity contribution in [1.29, 1.82) is 0 Å². The molecule has 0 bridgehead atoms. The number of aliphatic hydroxyl groups excluding tert-OH is 1. The second-order valence-corrected chi connectivity index (χ2v) is 10.8. The molecule has 178 valence electrons. The van der Waals surface area contributed by atoms with Crippen LogP contribution < -0.4 is 5.32 Å². The maximum absolute atomic E-state index is 12.5. The summed E-state index contributed by atoms with van der Waals surface area (Å²) in [6.45, 7) is 4.47. The monoisotopic (exact) mass is 448 g/mol. The van der Waals surface area contributed by atoms with Crippen LogP contribution in [0.15, 0.2) is 0 Å². The summed E-state index contributed by atoms with van der Waals surface area (Å²) in [5.41, 5.74) is 0. The van der Waals surface area contributed by atoms with Crippen molar-refractivity contribution < 1.29 is 27.4 Å². The minimum absolute atomic E-state index is 0.0564. The first-order valence-electron chi connectivity index (χ1n) is 11.9. The number of likely N-dealkylation sites (tertiary alicyclic amines) is 1. The average molecular weight is 449 g/mol. The van der Waals surface area contributed by atoms with E-state index in [0.29, 0.717) is 17.6 Å². The Labute approximate surface area is 184 Å². The molecule has 1 rings (SSSR count). The molecule has 8 heteroatoms. The molecule has 0 aromatic rings. The van der Waals surface area contributed by atoms with Crippen LogP contribution >= 0.6 is 0 Å². The molecule has 1 heterocycles. The maximum atomic E-state index is 12.5. The van der Waals surface area contributed by atoms with Gasteiger partial charge in [0.25, 0.3) is 0 Å². The topological polar surface area (TPSA) is 107 Å². The number of aliphatic hydroxyl groups is 1. The van der Waals surface area contributed by atoms with Crippen LogP contribution in [0.25, 0.3) is 0 Å². The minimum Gasteiger partial charge on any atom is -0.748 e. The van der Waals surface area contributed by atoms with Crippen LogP contribution in [0.3, 0.4) is 0 Å². The van der Waals surface area contributed by atoms with E-state index in [1.54, 1.807) is 0 Å². The smallest absolute Gasteiger partial charge is 0.228 e. The zero-order chi connectivity index (χ0) is 22.5. The molecular formula is C22H44N2O5S. The summed E-state index contributed by atoms with van der Waals surface area (Å²) in [7, 11) is -2.53. The standard InChI is InChI=1S/C22H44N2O5S/c1-3-4-5-6-7-8-9-10-11-12-15-23-22(26)20-14-13-16-24(2,17-20)18-21(25)19-30(27,28)29/h20-21,25H,3-19H2,1-2H3,(H-,23,26,27,28,29). The molecule has 1 saturated heterocycles. The summed E-state index contributed by atoms with van der Waals surface area (Å²) >= 11 is 0. The largest absolute Gasteiger partial charge is 0.748 e. The van der Waals surface area contributed by atoms with Crippen molar-refractivity contribution in [2.45, 2.75) is 90.1 Å². The predicted molar refractivity (Wildman–Crippen MR) is 119 cm³/mol. The van der Waals surface area contributed by atoms with Crippen molar-refractivity contribution in [1.82, 2.24) is 5.32 Å². The molecule has 3 unspecified atom stereocenters. The Bertz CT molecular complexity index is 584. The number of carbonyl (C=O) groups is 1. The highest BCUT2D eigenvalue weighted by atomic mass is 32.2. The number of hydrogen-bond acceptors (Lipinski definition) is 5. The molecule has 0 radical (unpaired) electrons. The maximum Gasteiger partial charge on any atom is 0.228 e. The van der Waals surface area contributed by atoms with Gasteiger partial charge in [0.1, 0.15) is 12.6 Å². The van der Waals surface area contributed by atoms with Crippen LogP contribution in [-0.2, 0) is 14.9 Å². The van der Waals surface area contributed by atoms with Gasteiger partial charge in [-0.3, -0.25) is 4.79 Å². The average Bonchev–Trinajstić information content (AvgIpc) is 2.63. The van der Waals surface area contributed by atoms with Gasteiger partial charge < -0.3 is 19.5 Å². The van der Waals surface area contributed by atoms with E-state index in [9.17, 15) is 22.9 Å². The lowest BCUT2D eigenvalue weighted by atomic mass is 9.95. The van der Waals surface area contributed by atoms with E-state index < -0.39 is 22.0 Å². The second-order valence-electron chi connectivity index (χ2n) is 9.40. The van der Waals surface area contributed by atoms with Gasteiger partial charge in [-0.25, -0.2) is 8.42 Å². The van der Waals surface area contributed by atoms with E-state index in [1.165, 1.54) is 51.4 Å². The van der Waals surface area contributed by atoms with Gasteiger partial charge in [-0.05, 0) is 19.3 Å². The van der Waals surface area contributed by atoms with Crippen molar-refractivity contribution in [3.8, 4) is 0 Å². The number of piperidine rings is 1. The normalized spacial score (nSPS) is 23.3. The minimum atomic E-state index is -4.45. The number of hydrogen-bond donors (Lipinski definition) is 2. The number of nitrogens with one attached hydrogen (secondary N) is 1. The Morgan fingerprint density at radius 3 is 2.23 bits per heavy atom. The molecule has 0 saturated carbocycles. The number of quaternary nitrogens is 1. The Hall–Kier alpha value is -0.700. The fourth-order valence-electron chi connectivity index (χ4n) is 4.58. The van der Waals surface area contributed by atoms with Gasteiger partial charge in [0.2, 0.25) is 5.91 Å². The van der Waals surface area contributed by atoms with Gasteiger partial charge in [-0.2, -0.15) is 0 Å². The molecule has 0 aromatic heterocycles. The summed E-state index contributed by atoms with van der Waals surface area (Å²) in [6.07, 6.45) is 13.1. The first kappa shape index (κ1) is 27.3. The van der Waals surface area contributed by atoms with E-state index >= 15 is 0 Å². The molecule has 1 amide bonds. The summed E-state index contributed by atoms with van der Waals surface area (Å²) in [5, 5.41) is 13.0. The molecule has 1 aliphatic rings. The molecule has 30 heavy (non-hydrogen) atoms. The van der Waals surface area contributed by atoms with Gasteiger partial charge in [-0.15, -0.1) is 0 Å². The molecule has 1 aliphatic heterocycles. The van der Waals surface area contributed by atoms with E-state index in [1.807, 2.05) is 7.05 Å². The number of amides is 1. The van der Waals surface area contributed by atoms with Crippen LogP contribution in [0.4, 0.5) is 0 Å². The van der Waals surface area contributed by atoms with Crippen molar-refractivity contribution >= 4 is 16.0 Å². The summed E-state index contributed by atoms with van der Waals surface area (Å²) in [6, 6.07) is 0. The number of carbonyl (C=O) groups excluding carboxylic acids is 1. The Morgan fingerprint density at radius 2 is 1.67 bits per heavy atom. The van der Waals surface area contributed by atoms with Gasteiger partial charge in [0.15, 0.2) is 0 Å². The predicted octanol–water partition coefficient (Wildman–Crippen LogP) is 2.79. The van der Waals surface area contributed by atoms with Gasteiger partial charge >= 0.3 is 0 Å². The third-order valence-corrected chi connectivity index (χ3v) is 6.95. The summed E-state index contributed by atoms with van der Waals surface area (Å²) in [5.74, 6) is -0.833. The third-order valence-electron chi connectivity index (χ3n) is 6.16. The molecule has 3 atom stereocenters. The van der Waals surface area contributed by atoms with Crippen molar-refractivity contribution in [3.05, 3.63) is 0 Å². The number of likely N-dealkylation sites (N-methyl/N-ethyl adjacent to an activating group) is 1. The fraction of sp³-hybridized carbons (Fsp3) is 0.955. The second kappa shape index (κ2) is 14.4. The Balaban J connectivity index is 2.18. The van der Waals surface area contributed by atoms with Gasteiger partial charge in [0, 0.05) is 6.54 Å². The molecular weight excluding hydrogens is 404 g/mol. The first-order valence-corrected chi connectivity index (χ1v) is 13.5. The van der Waals surface area contributed by atoms with E-state index in [0.717, 1.165) is 32.2 Å². The van der Waals surface area contributed by atoms with Crippen molar-refractivity contribution in [2.24, 2.45) is 5.92 Å². The van der Waals surface area contributed by atoms with E-state index in [4.69, 9.17) is 0 Å². The molecule has 0 aliphatic carbocycles. The highest BCUT2D eigenvalue weighted by Crippen LogP contribution is 2.23. The van der Waals surface area contributed by atoms with E-state index in [-0.39, 0.29) is 18.4 Å². The van der Waals surface area contributed by atoms with Gasteiger partial charge in [-0.1, -0.05) is 64.7 Å².